The van der Waals surface area contributed by atoms with E-state index in [2.05, 4.69) is 10.1 Å². The molecule has 1 aromatic carbocycles. The van der Waals surface area contributed by atoms with Crippen molar-refractivity contribution in [2.45, 2.75) is 19.6 Å². The first kappa shape index (κ1) is 13.2. The average Bonchev–Trinajstić information content (AvgIpc) is 2.85. The van der Waals surface area contributed by atoms with Gasteiger partial charge in [-0.2, -0.15) is 4.98 Å². The van der Waals surface area contributed by atoms with Crippen LogP contribution in [0.5, 0.6) is 0 Å². The van der Waals surface area contributed by atoms with Crippen LogP contribution in [0.15, 0.2) is 28.8 Å². The Kier molecular flexibility index (Phi) is 3.86. The fraction of sp³-hybridized carbons (Fsp3) is 0.250. The standard InChI is InChI=1S/C12H11FN2O4/c1-7(12(16)17)18-6-10-14-11(19-15-10)8-2-4-9(13)5-3-8/h2-5,7H,6H2,1H3,(H,16,17)/t7-/m0/s1. The molecule has 2 rings (SSSR count). The molecule has 1 N–H and O–H groups in total. The van der Waals surface area contributed by atoms with Crippen LogP contribution in [0.3, 0.4) is 0 Å². The second-order valence-electron chi connectivity index (χ2n) is 3.81. The van der Waals surface area contributed by atoms with Gasteiger partial charge >= 0.3 is 5.97 Å². The van der Waals surface area contributed by atoms with E-state index in [0.717, 1.165) is 0 Å². The van der Waals surface area contributed by atoms with Crippen LogP contribution in [0.1, 0.15) is 12.7 Å². The maximum Gasteiger partial charge on any atom is 0.332 e. The number of carboxylic acid groups (broad SMARTS) is 1. The number of ether oxygens (including phenoxy) is 1. The Hall–Kier alpha value is -2.28. The molecule has 0 radical (unpaired) electrons. The highest BCUT2D eigenvalue weighted by atomic mass is 19.1. The predicted molar refractivity (Wildman–Crippen MR) is 61.6 cm³/mol. The van der Waals surface area contributed by atoms with E-state index in [1.54, 1.807) is 0 Å². The third-order valence-electron chi connectivity index (χ3n) is 2.37. The summed E-state index contributed by atoms with van der Waals surface area (Å²) < 4.78 is 22.7. The fourth-order valence-electron chi connectivity index (χ4n) is 1.29. The van der Waals surface area contributed by atoms with Crippen molar-refractivity contribution in [3.8, 4) is 11.5 Å². The molecule has 100 valence electrons. The van der Waals surface area contributed by atoms with E-state index >= 15 is 0 Å². The van der Waals surface area contributed by atoms with Crippen molar-refractivity contribution >= 4 is 5.97 Å². The summed E-state index contributed by atoms with van der Waals surface area (Å²) in [6.45, 7) is 1.33. The molecule has 0 unspecified atom stereocenters. The molecule has 0 spiro atoms. The summed E-state index contributed by atoms with van der Waals surface area (Å²) in [5.74, 6) is -0.974. The molecule has 1 heterocycles. The summed E-state index contributed by atoms with van der Waals surface area (Å²) in [4.78, 5) is 14.6. The maximum atomic E-state index is 12.8. The van der Waals surface area contributed by atoms with Crippen molar-refractivity contribution in [2.75, 3.05) is 0 Å². The minimum Gasteiger partial charge on any atom is -0.479 e. The maximum absolute atomic E-state index is 12.8. The van der Waals surface area contributed by atoms with Crippen molar-refractivity contribution in [2.24, 2.45) is 0 Å². The van der Waals surface area contributed by atoms with Crippen LogP contribution in [0.2, 0.25) is 0 Å². The van der Waals surface area contributed by atoms with Crippen LogP contribution >= 0.6 is 0 Å². The number of aromatic nitrogens is 2. The van der Waals surface area contributed by atoms with Gasteiger partial charge in [0.05, 0.1) is 0 Å². The van der Waals surface area contributed by atoms with E-state index in [1.807, 2.05) is 0 Å². The smallest absolute Gasteiger partial charge is 0.332 e. The lowest BCUT2D eigenvalue weighted by molar-refractivity contribution is -0.150. The monoisotopic (exact) mass is 266 g/mol. The van der Waals surface area contributed by atoms with Crippen molar-refractivity contribution in [3.05, 3.63) is 35.9 Å². The molecule has 0 bridgehead atoms. The van der Waals surface area contributed by atoms with Gasteiger partial charge in [-0.3, -0.25) is 0 Å². The molecule has 1 atom stereocenters. The molecule has 7 heteroatoms. The summed E-state index contributed by atoms with van der Waals surface area (Å²) in [6, 6.07) is 5.57. The minimum absolute atomic E-state index is 0.0713. The van der Waals surface area contributed by atoms with Crippen molar-refractivity contribution in [1.29, 1.82) is 0 Å². The first-order valence-corrected chi connectivity index (χ1v) is 5.49. The number of rotatable bonds is 5. The van der Waals surface area contributed by atoms with Crippen LogP contribution in [0, 0.1) is 5.82 Å². The third-order valence-corrected chi connectivity index (χ3v) is 2.37. The summed E-state index contributed by atoms with van der Waals surface area (Å²) in [5.41, 5.74) is 0.575. The number of hydrogen-bond acceptors (Lipinski definition) is 5. The second kappa shape index (κ2) is 5.57. The largest absolute Gasteiger partial charge is 0.479 e. The van der Waals surface area contributed by atoms with Crippen LogP contribution in [-0.2, 0) is 16.1 Å². The molecule has 2 aromatic rings. The molecule has 0 saturated carbocycles. The number of aliphatic carboxylic acids is 1. The van der Waals surface area contributed by atoms with E-state index in [9.17, 15) is 9.18 Å². The van der Waals surface area contributed by atoms with Crippen LogP contribution in [0.25, 0.3) is 11.5 Å². The Morgan fingerprint density at radius 2 is 2.16 bits per heavy atom. The van der Waals surface area contributed by atoms with Gasteiger partial charge in [0, 0.05) is 5.56 Å². The first-order valence-electron chi connectivity index (χ1n) is 5.49. The highest BCUT2D eigenvalue weighted by Crippen LogP contribution is 2.17. The Morgan fingerprint density at radius 1 is 1.47 bits per heavy atom. The molecule has 0 amide bonds. The lowest BCUT2D eigenvalue weighted by atomic mass is 10.2. The number of benzene rings is 1. The van der Waals surface area contributed by atoms with Gasteiger partial charge in [0.1, 0.15) is 12.4 Å². The van der Waals surface area contributed by atoms with Gasteiger partial charge in [0.25, 0.3) is 5.89 Å². The molecule has 19 heavy (non-hydrogen) atoms. The first-order chi connectivity index (χ1) is 9.06. The van der Waals surface area contributed by atoms with Gasteiger partial charge in [-0.25, -0.2) is 9.18 Å². The number of hydrogen-bond donors (Lipinski definition) is 1. The average molecular weight is 266 g/mol. The molecule has 1 aromatic heterocycles. The molecule has 0 fully saturated rings. The van der Waals surface area contributed by atoms with Gasteiger partial charge in [0.2, 0.25) is 0 Å². The number of halogens is 1. The van der Waals surface area contributed by atoms with Gasteiger partial charge in [0.15, 0.2) is 11.9 Å². The van der Waals surface area contributed by atoms with Crippen LogP contribution < -0.4 is 0 Å². The predicted octanol–water partition coefficient (Wildman–Crippen LogP) is 1.87. The quantitative estimate of drug-likeness (QED) is 0.889. The Labute approximate surface area is 107 Å². The molecule has 0 saturated heterocycles. The zero-order valence-corrected chi connectivity index (χ0v) is 10.0. The van der Waals surface area contributed by atoms with Crippen LogP contribution in [-0.4, -0.2) is 27.3 Å². The van der Waals surface area contributed by atoms with Gasteiger partial charge in [-0.15, -0.1) is 0 Å². The van der Waals surface area contributed by atoms with E-state index in [0.29, 0.717) is 5.56 Å². The summed E-state index contributed by atoms with van der Waals surface area (Å²) in [5, 5.41) is 12.3. The van der Waals surface area contributed by atoms with Gasteiger partial charge in [-0.1, -0.05) is 5.16 Å². The second-order valence-corrected chi connectivity index (χ2v) is 3.81. The minimum atomic E-state index is -1.07. The molecule has 0 aliphatic carbocycles. The number of carbonyl (C=O) groups is 1. The Bertz CT molecular complexity index is 567. The van der Waals surface area contributed by atoms with Gasteiger partial charge < -0.3 is 14.4 Å². The third kappa shape index (κ3) is 3.35. The van der Waals surface area contributed by atoms with Crippen molar-refractivity contribution < 1.29 is 23.6 Å². The summed E-state index contributed by atoms with van der Waals surface area (Å²) in [6.07, 6.45) is -0.951. The SMILES string of the molecule is C[C@H](OCc1noc(-c2ccc(F)cc2)n1)C(=O)O. The molecular formula is C12H11FN2O4. The van der Waals surface area contributed by atoms with E-state index in [1.165, 1.54) is 31.2 Å². The lowest BCUT2D eigenvalue weighted by Gasteiger charge is -2.04. The van der Waals surface area contributed by atoms with E-state index < -0.39 is 12.1 Å². The zero-order chi connectivity index (χ0) is 13.8. The molecular weight excluding hydrogens is 255 g/mol. The van der Waals surface area contributed by atoms with Crippen LogP contribution in [0.4, 0.5) is 4.39 Å². The number of nitrogens with zero attached hydrogens (tertiary/aromatic N) is 2. The Balaban J connectivity index is 2.03. The summed E-state index contributed by atoms with van der Waals surface area (Å²) in [7, 11) is 0. The highest BCUT2D eigenvalue weighted by molar-refractivity contribution is 5.71. The fourth-order valence-corrected chi connectivity index (χ4v) is 1.29. The lowest BCUT2D eigenvalue weighted by Crippen LogP contribution is -2.19. The topological polar surface area (TPSA) is 85.5 Å². The normalized spacial score (nSPS) is 12.3. The van der Waals surface area contributed by atoms with E-state index in [4.69, 9.17) is 14.4 Å². The van der Waals surface area contributed by atoms with E-state index in [-0.39, 0.29) is 24.1 Å². The Morgan fingerprint density at radius 3 is 2.79 bits per heavy atom. The van der Waals surface area contributed by atoms with Gasteiger partial charge in [-0.05, 0) is 31.2 Å². The molecule has 0 aliphatic rings. The molecule has 6 nitrogen and oxygen atoms in total. The number of carboxylic acids is 1. The van der Waals surface area contributed by atoms with Crippen molar-refractivity contribution in [1.82, 2.24) is 10.1 Å². The zero-order valence-electron chi connectivity index (χ0n) is 10.0. The molecule has 0 aliphatic heterocycles. The van der Waals surface area contributed by atoms with Crippen molar-refractivity contribution in [3.63, 3.8) is 0 Å². The highest BCUT2D eigenvalue weighted by Gasteiger charge is 2.14. The summed E-state index contributed by atoms with van der Waals surface area (Å²) >= 11 is 0.